The number of hydrazone groups is 2. The normalized spacial score (nSPS) is 38.1. The molecular weight excluding hydrogens is 480 g/mol. The Kier molecular flexibility index (Phi) is 6.91. The number of esters is 1. The SMILES string of the molecule is CC(=O)OC/C(=N\NC(N)=O)[C@@]1(O)CC[C@H]2[C@@H]3CCC4=C/C(=N/NC(N)=O)CC[C@]4(C)[C@H]3C(=O)C[C@@]21C. The summed E-state index contributed by atoms with van der Waals surface area (Å²) in [5.74, 6) is -0.579. The second kappa shape index (κ2) is 9.55. The lowest BCUT2D eigenvalue weighted by molar-refractivity contribution is -0.152. The van der Waals surface area contributed by atoms with Gasteiger partial charge in [0.15, 0.2) is 0 Å². The van der Waals surface area contributed by atoms with Crippen LogP contribution in [0, 0.1) is 28.6 Å². The van der Waals surface area contributed by atoms with Crippen LogP contribution < -0.4 is 22.3 Å². The number of hydrogen-bond donors (Lipinski definition) is 5. The highest BCUT2D eigenvalue weighted by Gasteiger charge is 2.68. The lowest BCUT2D eigenvalue weighted by atomic mass is 9.46. The van der Waals surface area contributed by atoms with E-state index >= 15 is 0 Å². The monoisotopic (exact) mass is 516 g/mol. The molecule has 0 spiro atoms. The van der Waals surface area contributed by atoms with Gasteiger partial charge >= 0.3 is 18.0 Å². The number of primary amides is 2. The van der Waals surface area contributed by atoms with E-state index in [1.165, 1.54) is 6.92 Å². The predicted octanol–water partition coefficient (Wildman–Crippen LogP) is 1.47. The van der Waals surface area contributed by atoms with Crippen LogP contribution in [0.15, 0.2) is 21.9 Å². The number of ether oxygens (including phenoxy) is 1. The molecule has 0 saturated heterocycles. The first-order valence-corrected chi connectivity index (χ1v) is 12.7. The van der Waals surface area contributed by atoms with Crippen LogP contribution in [0.25, 0.3) is 0 Å². The Morgan fingerprint density at radius 1 is 1.14 bits per heavy atom. The van der Waals surface area contributed by atoms with Crippen molar-refractivity contribution in [2.45, 2.75) is 71.3 Å². The van der Waals surface area contributed by atoms with E-state index in [0.717, 1.165) is 30.5 Å². The van der Waals surface area contributed by atoms with Gasteiger partial charge in [-0.25, -0.2) is 20.4 Å². The number of nitrogens with zero attached hydrogens (tertiary/aromatic N) is 2. The Morgan fingerprint density at radius 2 is 1.84 bits per heavy atom. The van der Waals surface area contributed by atoms with Crippen molar-refractivity contribution < 1.29 is 29.0 Å². The van der Waals surface area contributed by atoms with E-state index in [1.807, 2.05) is 13.0 Å². The van der Waals surface area contributed by atoms with Crippen LogP contribution in [0.1, 0.15) is 65.7 Å². The third kappa shape index (κ3) is 4.51. The van der Waals surface area contributed by atoms with Gasteiger partial charge in [0.1, 0.15) is 23.7 Å². The molecule has 0 radical (unpaired) electrons. The number of urea groups is 2. The van der Waals surface area contributed by atoms with Crippen molar-refractivity contribution in [3.63, 3.8) is 0 Å². The second-order valence-electron chi connectivity index (χ2n) is 11.2. The van der Waals surface area contributed by atoms with Crippen molar-refractivity contribution in [3.8, 4) is 0 Å². The summed E-state index contributed by atoms with van der Waals surface area (Å²) in [6.45, 7) is 4.97. The molecule has 0 aromatic rings. The molecule has 4 amide bonds. The number of hydrogen-bond acceptors (Lipinski definition) is 8. The summed E-state index contributed by atoms with van der Waals surface area (Å²) in [5.41, 5.74) is 14.0. The summed E-state index contributed by atoms with van der Waals surface area (Å²) in [6.07, 6.45) is 6.01. The van der Waals surface area contributed by atoms with Crippen LogP contribution in [0.2, 0.25) is 0 Å². The molecule has 4 aliphatic carbocycles. The van der Waals surface area contributed by atoms with Crippen LogP contribution in [0.3, 0.4) is 0 Å². The molecule has 12 heteroatoms. The fourth-order valence-electron chi connectivity index (χ4n) is 7.63. The number of nitrogens with one attached hydrogen (secondary N) is 2. The Morgan fingerprint density at radius 3 is 2.49 bits per heavy atom. The highest BCUT2D eigenvalue weighted by molar-refractivity contribution is 5.99. The zero-order valence-corrected chi connectivity index (χ0v) is 21.5. The fraction of sp³-hybridized carbons (Fsp3) is 0.680. The maximum absolute atomic E-state index is 13.9. The summed E-state index contributed by atoms with van der Waals surface area (Å²) >= 11 is 0. The van der Waals surface area contributed by atoms with Gasteiger partial charge in [0.25, 0.3) is 0 Å². The summed E-state index contributed by atoms with van der Waals surface area (Å²) < 4.78 is 5.14. The molecule has 0 aliphatic heterocycles. The topological polar surface area (TPSA) is 199 Å². The molecular formula is C25H36N6O6. The van der Waals surface area contributed by atoms with Crippen LogP contribution >= 0.6 is 0 Å². The predicted molar refractivity (Wildman–Crippen MR) is 134 cm³/mol. The standard InChI is InChI=1S/C25H36N6O6/c1-13(32)37-12-19(29-31-22(27)35)25(36)9-7-17-16-5-4-14-10-15(28-30-21(26)34)6-8-23(14,2)20(16)18(33)11-24(17,25)3/h10,16-17,20,36H,4-9,11-12H2,1-3H3,(H3,26,30,34)(H3,27,31,35)/b28-15+,29-19+/t16-,17-,20+,23-,24-,25-/m0/s1. The average molecular weight is 517 g/mol. The minimum atomic E-state index is -1.56. The van der Waals surface area contributed by atoms with E-state index in [1.54, 1.807) is 0 Å². The van der Waals surface area contributed by atoms with Gasteiger partial charge in [-0.15, -0.1) is 0 Å². The van der Waals surface area contributed by atoms with E-state index in [0.29, 0.717) is 19.3 Å². The first-order chi connectivity index (χ1) is 17.3. The molecule has 3 fully saturated rings. The first-order valence-electron chi connectivity index (χ1n) is 12.7. The minimum Gasteiger partial charge on any atom is -0.460 e. The maximum atomic E-state index is 13.9. The molecule has 6 atom stereocenters. The van der Waals surface area contributed by atoms with E-state index in [-0.39, 0.29) is 47.7 Å². The van der Waals surface area contributed by atoms with Crippen molar-refractivity contribution in [2.24, 2.45) is 50.3 Å². The molecule has 7 N–H and O–H groups in total. The van der Waals surface area contributed by atoms with Gasteiger partial charge in [0.05, 0.1) is 5.71 Å². The summed E-state index contributed by atoms with van der Waals surface area (Å²) in [4.78, 5) is 47.8. The highest BCUT2D eigenvalue weighted by Crippen LogP contribution is 2.66. The smallest absolute Gasteiger partial charge is 0.332 e. The molecule has 0 aromatic carbocycles. The zero-order valence-electron chi connectivity index (χ0n) is 21.5. The molecule has 4 aliphatic rings. The van der Waals surface area contributed by atoms with Gasteiger partial charge < -0.3 is 21.3 Å². The number of ketones is 1. The molecule has 0 unspecified atom stereocenters. The Labute approximate surface area is 215 Å². The molecule has 202 valence electrons. The zero-order chi connectivity index (χ0) is 27.2. The van der Waals surface area contributed by atoms with Crippen molar-refractivity contribution in [2.75, 3.05) is 6.61 Å². The van der Waals surface area contributed by atoms with E-state index in [4.69, 9.17) is 16.2 Å². The van der Waals surface area contributed by atoms with E-state index < -0.39 is 29.0 Å². The summed E-state index contributed by atoms with van der Waals surface area (Å²) in [5, 5.41) is 20.2. The average Bonchev–Trinajstić information content (AvgIpc) is 3.07. The number of fused-ring (bicyclic) bond motifs is 5. The summed E-state index contributed by atoms with van der Waals surface area (Å²) in [6, 6.07) is -1.63. The first kappa shape index (κ1) is 26.8. The quantitative estimate of drug-likeness (QED) is 0.208. The molecule has 3 saturated carbocycles. The maximum Gasteiger partial charge on any atom is 0.332 e. The molecule has 37 heavy (non-hydrogen) atoms. The van der Waals surface area contributed by atoms with Crippen LogP contribution in [-0.4, -0.2) is 52.6 Å². The van der Waals surface area contributed by atoms with E-state index in [9.17, 15) is 24.3 Å². The van der Waals surface area contributed by atoms with Gasteiger partial charge in [-0.05, 0) is 61.9 Å². The van der Waals surface area contributed by atoms with Crippen LogP contribution in [0.4, 0.5) is 9.59 Å². The van der Waals surface area contributed by atoms with Crippen LogP contribution in [-0.2, 0) is 14.3 Å². The number of nitrogens with two attached hydrogens (primary N) is 2. The molecule has 4 rings (SSSR count). The van der Waals surface area contributed by atoms with Crippen molar-refractivity contribution in [1.29, 1.82) is 0 Å². The van der Waals surface area contributed by atoms with Crippen molar-refractivity contribution >= 4 is 35.2 Å². The third-order valence-electron chi connectivity index (χ3n) is 9.32. The van der Waals surface area contributed by atoms with Crippen molar-refractivity contribution in [3.05, 3.63) is 11.6 Å². The largest absolute Gasteiger partial charge is 0.460 e. The number of allylic oxidation sites excluding steroid dienone is 2. The highest BCUT2D eigenvalue weighted by atomic mass is 16.5. The molecule has 0 aromatic heterocycles. The van der Waals surface area contributed by atoms with Gasteiger partial charge in [0.2, 0.25) is 0 Å². The minimum absolute atomic E-state index is 0.0290. The Balaban J connectivity index is 1.66. The number of aliphatic hydroxyl groups is 1. The summed E-state index contributed by atoms with van der Waals surface area (Å²) in [7, 11) is 0. The lowest BCUT2D eigenvalue weighted by Gasteiger charge is -2.58. The van der Waals surface area contributed by atoms with Gasteiger partial charge in [-0.2, -0.15) is 10.2 Å². The second-order valence-corrected chi connectivity index (χ2v) is 11.2. The van der Waals surface area contributed by atoms with Gasteiger partial charge in [-0.1, -0.05) is 19.4 Å². The van der Waals surface area contributed by atoms with Crippen molar-refractivity contribution in [1.82, 2.24) is 10.9 Å². The van der Waals surface area contributed by atoms with Gasteiger partial charge in [-0.3, -0.25) is 9.59 Å². The number of amides is 4. The lowest BCUT2D eigenvalue weighted by Crippen LogP contribution is -2.61. The number of rotatable bonds is 5. The Hall–Kier alpha value is -3.28. The molecule has 0 bridgehead atoms. The number of carbonyl (C=O) groups is 4. The van der Waals surface area contributed by atoms with E-state index in [2.05, 4.69) is 28.0 Å². The Bertz CT molecular complexity index is 1120. The third-order valence-corrected chi connectivity index (χ3v) is 9.32. The number of Topliss-reactive ketones (excluding diaryl/α,β-unsaturated/α-hetero) is 1. The molecule has 0 heterocycles. The fourth-order valence-corrected chi connectivity index (χ4v) is 7.63. The molecule has 12 nitrogen and oxygen atoms in total. The van der Waals surface area contributed by atoms with Gasteiger partial charge in [0, 0.05) is 24.7 Å². The number of carbonyl (C=O) groups excluding carboxylic acids is 4. The van der Waals surface area contributed by atoms with Crippen LogP contribution in [0.5, 0.6) is 0 Å².